The largest absolute Gasteiger partial charge is 0.391 e. The molecule has 2 aliphatic rings. The van der Waals surface area contributed by atoms with Gasteiger partial charge in [-0.3, -0.25) is 4.79 Å². The molecule has 2 heterocycles. The van der Waals surface area contributed by atoms with Gasteiger partial charge in [0, 0.05) is 12.1 Å². The fourth-order valence-electron chi connectivity index (χ4n) is 2.49. The molecule has 6 heteroatoms. The van der Waals surface area contributed by atoms with E-state index in [4.69, 9.17) is 27.4 Å². The topological polar surface area (TPSA) is 64.8 Å². The minimum atomic E-state index is -0.347. The van der Waals surface area contributed by atoms with Crippen molar-refractivity contribution in [2.24, 2.45) is 5.73 Å². The number of nitrogens with two attached hydrogens (primary N) is 1. The number of benzene rings is 1. The van der Waals surface area contributed by atoms with Gasteiger partial charge in [-0.25, -0.2) is 0 Å². The number of rotatable bonds is 2. The summed E-state index contributed by atoms with van der Waals surface area (Å²) in [6, 6.07) is 5.72. The van der Waals surface area contributed by atoms with Crippen LogP contribution in [0.3, 0.4) is 0 Å². The summed E-state index contributed by atoms with van der Waals surface area (Å²) in [5.74, 6) is -0.00995. The number of ether oxygens (including phenoxy) is 2. The predicted molar refractivity (Wildman–Crippen MR) is 77.4 cm³/mol. The van der Waals surface area contributed by atoms with Crippen LogP contribution < -0.4 is 5.73 Å². The number of nitrogens with zero attached hydrogens (tertiary/aromatic N) is 1. The third-order valence-electron chi connectivity index (χ3n) is 3.64. The highest BCUT2D eigenvalue weighted by Crippen LogP contribution is 2.22. The third-order valence-corrected chi connectivity index (χ3v) is 3.90. The molecule has 2 N–H and O–H groups in total. The quantitative estimate of drug-likeness (QED) is 0.819. The molecule has 1 fully saturated rings. The van der Waals surface area contributed by atoms with Crippen LogP contribution in [0.25, 0.3) is 0 Å². The van der Waals surface area contributed by atoms with Crippen molar-refractivity contribution >= 4 is 23.1 Å². The number of fused-ring (bicyclic) bond motifs is 1. The Bertz CT molecular complexity index is 561. The fraction of sp³-hybridized carbons (Fsp3) is 0.429. The second-order valence-electron chi connectivity index (χ2n) is 4.99. The number of morpholine rings is 1. The Kier molecular flexibility index (Phi) is 3.69. The Morgan fingerprint density at radius 1 is 1.35 bits per heavy atom. The Morgan fingerprint density at radius 3 is 2.95 bits per heavy atom. The molecule has 1 saturated heterocycles. The van der Waals surface area contributed by atoms with Crippen LogP contribution in [0.5, 0.6) is 0 Å². The Balaban J connectivity index is 1.76. The minimum Gasteiger partial charge on any atom is -0.391 e. The van der Waals surface area contributed by atoms with Crippen LogP contribution in [0, 0.1) is 0 Å². The lowest BCUT2D eigenvalue weighted by molar-refractivity contribution is 0.00878. The number of hydrogen-bond acceptors (Lipinski definition) is 4. The van der Waals surface area contributed by atoms with E-state index in [0.717, 1.165) is 11.1 Å². The molecule has 0 aromatic heterocycles. The molecule has 0 aliphatic carbocycles. The van der Waals surface area contributed by atoms with E-state index >= 15 is 0 Å². The maximum absolute atomic E-state index is 12.5. The predicted octanol–water partition coefficient (Wildman–Crippen LogP) is 0.844. The number of carbonyl (C=O) groups is 1. The summed E-state index contributed by atoms with van der Waals surface area (Å²) in [4.78, 5) is 14.6. The number of thiocarbonyl (C=S) groups is 1. The van der Waals surface area contributed by atoms with Crippen molar-refractivity contribution in [2.45, 2.75) is 19.3 Å². The highest BCUT2D eigenvalue weighted by molar-refractivity contribution is 7.80. The van der Waals surface area contributed by atoms with Gasteiger partial charge in [0.15, 0.2) is 0 Å². The van der Waals surface area contributed by atoms with Crippen LogP contribution in [-0.2, 0) is 22.7 Å². The van der Waals surface area contributed by atoms with E-state index in [1.807, 2.05) is 18.2 Å². The molecule has 1 unspecified atom stereocenters. The van der Waals surface area contributed by atoms with Gasteiger partial charge in [-0.05, 0) is 23.3 Å². The second kappa shape index (κ2) is 5.47. The van der Waals surface area contributed by atoms with E-state index in [1.54, 1.807) is 4.90 Å². The molecule has 3 rings (SSSR count). The molecule has 20 heavy (non-hydrogen) atoms. The average molecular weight is 292 g/mol. The van der Waals surface area contributed by atoms with Crippen LogP contribution in [0.2, 0.25) is 0 Å². The maximum atomic E-state index is 12.5. The van der Waals surface area contributed by atoms with Crippen molar-refractivity contribution in [3.8, 4) is 0 Å². The zero-order valence-corrected chi connectivity index (χ0v) is 11.8. The van der Waals surface area contributed by atoms with Crippen LogP contribution >= 0.6 is 12.2 Å². The van der Waals surface area contributed by atoms with E-state index in [1.165, 1.54) is 0 Å². The summed E-state index contributed by atoms with van der Waals surface area (Å²) in [7, 11) is 0. The smallest absolute Gasteiger partial charge is 0.254 e. The SMILES string of the molecule is NC(=S)C1CN(C(=O)c2ccc3c(c2)COC3)CCO1. The first-order valence-electron chi connectivity index (χ1n) is 6.55. The Labute approximate surface area is 122 Å². The molecule has 1 aromatic carbocycles. The second-order valence-corrected chi connectivity index (χ2v) is 5.46. The van der Waals surface area contributed by atoms with Gasteiger partial charge >= 0.3 is 0 Å². The Hall–Kier alpha value is -1.50. The summed E-state index contributed by atoms with van der Waals surface area (Å²) < 4.78 is 10.8. The average Bonchev–Trinajstić information content (AvgIpc) is 2.94. The van der Waals surface area contributed by atoms with Crippen LogP contribution in [0.15, 0.2) is 18.2 Å². The van der Waals surface area contributed by atoms with Gasteiger partial charge < -0.3 is 20.1 Å². The van der Waals surface area contributed by atoms with Gasteiger partial charge in [-0.1, -0.05) is 18.3 Å². The van der Waals surface area contributed by atoms with E-state index in [9.17, 15) is 4.79 Å². The maximum Gasteiger partial charge on any atom is 0.254 e. The summed E-state index contributed by atoms with van der Waals surface area (Å²) in [6.45, 7) is 2.65. The lowest BCUT2D eigenvalue weighted by atomic mass is 10.1. The monoisotopic (exact) mass is 292 g/mol. The van der Waals surface area contributed by atoms with Crippen molar-refractivity contribution in [3.05, 3.63) is 34.9 Å². The van der Waals surface area contributed by atoms with Crippen molar-refractivity contribution in [1.82, 2.24) is 4.90 Å². The number of carbonyl (C=O) groups excluding carboxylic acids is 1. The van der Waals surface area contributed by atoms with Crippen molar-refractivity contribution in [3.63, 3.8) is 0 Å². The molecule has 106 valence electrons. The molecule has 0 saturated carbocycles. The van der Waals surface area contributed by atoms with Crippen LogP contribution in [0.4, 0.5) is 0 Å². The van der Waals surface area contributed by atoms with Gasteiger partial charge in [-0.2, -0.15) is 0 Å². The highest BCUT2D eigenvalue weighted by Gasteiger charge is 2.27. The van der Waals surface area contributed by atoms with Gasteiger partial charge in [0.1, 0.15) is 11.1 Å². The lowest BCUT2D eigenvalue weighted by Crippen LogP contribution is -2.49. The fourth-order valence-corrected chi connectivity index (χ4v) is 2.64. The number of hydrogen-bond donors (Lipinski definition) is 1. The first-order chi connectivity index (χ1) is 9.65. The van der Waals surface area contributed by atoms with Gasteiger partial charge in [0.2, 0.25) is 0 Å². The van der Waals surface area contributed by atoms with E-state index in [2.05, 4.69) is 0 Å². The summed E-state index contributed by atoms with van der Waals surface area (Å²) in [6.07, 6.45) is -0.347. The zero-order chi connectivity index (χ0) is 14.1. The molecule has 0 spiro atoms. The van der Waals surface area contributed by atoms with E-state index in [-0.39, 0.29) is 12.0 Å². The molecule has 0 bridgehead atoms. The third kappa shape index (κ3) is 2.54. The van der Waals surface area contributed by atoms with Gasteiger partial charge in [0.05, 0.1) is 26.4 Å². The molecule has 1 atom stereocenters. The molecular weight excluding hydrogens is 276 g/mol. The molecule has 2 aliphatic heterocycles. The summed E-state index contributed by atoms with van der Waals surface area (Å²) in [5.41, 5.74) is 8.52. The molecule has 1 aromatic rings. The van der Waals surface area contributed by atoms with Gasteiger partial charge in [0.25, 0.3) is 5.91 Å². The molecule has 1 amide bonds. The molecule has 0 radical (unpaired) electrons. The number of amides is 1. The molecular formula is C14H16N2O3S. The van der Waals surface area contributed by atoms with Crippen molar-refractivity contribution in [1.29, 1.82) is 0 Å². The normalized spacial score (nSPS) is 21.6. The Morgan fingerprint density at radius 2 is 2.15 bits per heavy atom. The van der Waals surface area contributed by atoms with E-state index < -0.39 is 0 Å². The standard InChI is InChI=1S/C14H16N2O3S/c15-13(20)12-6-16(3-4-19-12)14(17)9-1-2-10-7-18-8-11(10)5-9/h1-2,5,12H,3-4,6-8H2,(H2,15,20). The van der Waals surface area contributed by atoms with Crippen molar-refractivity contribution in [2.75, 3.05) is 19.7 Å². The first kappa shape index (κ1) is 13.5. The van der Waals surface area contributed by atoms with Crippen LogP contribution in [-0.4, -0.2) is 41.6 Å². The lowest BCUT2D eigenvalue weighted by Gasteiger charge is -2.32. The minimum absolute atomic E-state index is 0.00995. The van der Waals surface area contributed by atoms with Crippen molar-refractivity contribution < 1.29 is 14.3 Å². The molecule has 5 nitrogen and oxygen atoms in total. The summed E-state index contributed by atoms with van der Waals surface area (Å²) in [5, 5.41) is 0. The summed E-state index contributed by atoms with van der Waals surface area (Å²) >= 11 is 4.93. The zero-order valence-electron chi connectivity index (χ0n) is 11.0. The first-order valence-corrected chi connectivity index (χ1v) is 6.96. The van der Waals surface area contributed by atoms with Gasteiger partial charge in [-0.15, -0.1) is 0 Å². The van der Waals surface area contributed by atoms with E-state index in [0.29, 0.717) is 43.5 Å². The van der Waals surface area contributed by atoms with Crippen LogP contribution in [0.1, 0.15) is 21.5 Å². The highest BCUT2D eigenvalue weighted by atomic mass is 32.1.